The first-order valence-corrected chi connectivity index (χ1v) is 6.24. The molecule has 2 aromatic heterocycles. The van der Waals surface area contributed by atoms with Crippen molar-refractivity contribution in [1.29, 1.82) is 0 Å². The predicted molar refractivity (Wildman–Crippen MR) is 64.3 cm³/mol. The molecule has 0 aliphatic rings. The number of halogens is 1. The summed E-state index contributed by atoms with van der Waals surface area (Å²) in [4.78, 5) is 12.9. The SMILES string of the molecule is Cc1scc(C(=O)O)c1-c1ccc(Cl)s1. The molecule has 15 heavy (non-hydrogen) atoms. The van der Waals surface area contributed by atoms with Gasteiger partial charge in [0.15, 0.2) is 0 Å². The summed E-state index contributed by atoms with van der Waals surface area (Å²) < 4.78 is 0.673. The molecule has 0 saturated heterocycles. The zero-order valence-electron chi connectivity index (χ0n) is 7.78. The van der Waals surface area contributed by atoms with Crippen LogP contribution in [0.5, 0.6) is 0 Å². The highest BCUT2D eigenvalue weighted by molar-refractivity contribution is 7.20. The van der Waals surface area contributed by atoms with Crippen LogP contribution in [0.25, 0.3) is 10.4 Å². The van der Waals surface area contributed by atoms with Crippen molar-refractivity contribution in [2.45, 2.75) is 6.92 Å². The van der Waals surface area contributed by atoms with Crippen molar-refractivity contribution in [3.63, 3.8) is 0 Å². The number of carboxylic acid groups (broad SMARTS) is 1. The highest BCUT2D eigenvalue weighted by atomic mass is 35.5. The van der Waals surface area contributed by atoms with E-state index >= 15 is 0 Å². The van der Waals surface area contributed by atoms with E-state index < -0.39 is 5.97 Å². The molecule has 2 heterocycles. The van der Waals surface area contributed by atoms with Crippen LogP contribution < -0.4 is 0 Å². The molecule has 0 bridgehead atoms. The summed E-state index contributed by atoms with van der Waals surface area (Å²) in [6, 6.07) is 3.64. The van der Waals surface area contributed by atoms with E-state index in [1.54, 1.807) is 11.4 Å². The van der Waals surface area contributed by atoms with Gasteiger partial charge in [-0.1, -0.05) is 11.6 Å². The van der Waals surface area contributed by atoms with Gasteiger partial charge >= 0.3 is 5.97 Å². The molecule has 2 rings (SSSR count). The van der Waals surface area contributed by atoms with Crippen LogP contribution in [0.3, 0.4) is 0 Å². The fourth-order valence-corrected chi connectivity index (χ4v) is 3.44. The van der Waals surface area contributed by atoms with E-state index in [1.807, 2.05) is 13.0 Å². The second-order valence-electron chi connectivity index (χ2n) is 2.99. The summed E-state index contributed by atoms with van der Waals surface area (Å²) in [5.74, 6) is -0.890. The van der Waals surface area contributed by atoms with Gasteiger partial charge in [-0.15, -0.1) is 22.7 Å². The van der Waals surface area contributed by atoms with Crippen molar-refractivity contribution in [2.75, 3.05) is 0 Å². The second kappa shape index (κ2) is 3.96. The Hall–Kier alpha value is -0.840. The number of thiophene rings is 2. The molecule has 0 aliphatic carbocycles. The maximum atomic E-state index is 11.0. The van der Waals surface area contributed by atoms with E-state index in [0.29, 0.717) is 9.90 Å². The van der Waals surface area contributed by atoms with Crippen molar-refractivity contribution in [3.8, 4) is 10.4 Å². The Balaban J connectivity index is 2.60. The van der Waals surface area contributed by atoms with Crippen molar-refractivity contribution < 1.29 is 9.90 Å². The third kappa shape index (κ3) is 1.93. The average molecular weight is 259 g/mol. The Morgan fingerprint density at radius 3 is 2.73 bits per heavy atom. The number of hydrogen-bond acceptors (Lipinski definition) is 3. The zero-order valence-corrected chi connectivity index (χ0v) is 10.2. The van der Waals surface area contributed by atoms with Crippen molar-refractivity contribution >= 4 is 40.2 Å². The quantitative estimate of drug-likeness (QED) is 0.879. The van der Waals surface area contributed by atoms with E-state index in [1.165, 1.54) is 22.7 Å². The number of aromatic carboxylic acids is 1. The van der Waals surface area contributed by atoms with Crippen LogP contribution in [0.2, 0.25) is 4.34 Å². The van der Waals surface area contributed by atoms with Crippen LogP contribution >= 0.6 is 34.3 Å². The lowest BCUT2D eigenvalue weighted by molar-refractivity contribution is 0.0698. The van der Waals surface area contributed by atoms with Gasteiger partial charge in [-0.3, -0.25) is 0 Å². The molecule has 2 aromatic rings. The highest BCUT2D eigenvalue weighted by Gasteiger charge is 2.17. The molecule has 0 unspecified atom stereocenters. The first-order chi connectivity index (χ1) is 7.09. The molecule has 1 N–H and O–H groups in total. The highest BCUT2D eigenvalue weighted by Crippen LogP contribution is 2.38. The van der Waals surface area contributed by atoms with Crippen LogP contribution in [0.4, 0.5) is 0 Å². The summed E-state index contributed by atoms with van der Waals surface area (Å²) in [7, 11) is 0. The second-order valence-corrected chi connectivity index (χ2v) is 5.79. The minimum absolute atomic E-state index is 0.357. The Labute approximate surface area is 99.8 Å². The summed E-state index contributed by atoms with van der Waals surface area (Å²) in [6.45, 7) is 1.92. The van der Waals surface area contributed by atoms with Crippen LogP contribution in [-0.2, 0) is 0 Å². The van der Waals surface area contributed by atoms with E-state index in [9.17, 15) is 4.79 Å². The lowest BCUT2D eigenvalue weighted by Gasteiger charge is -1.98. The maximum Gasteiger partial charge on any atom is 0.337 e. The van der Waals surface area contributed by atoms with Gasteiger partial charge in [-0.25, -0.2) is 4.79 Å². The smallest absolute Gasteiger partial charge is 0.337 e. The lowest BCUT2D eigenvalue weighted by Crippen LogP contribution is -1.95. The maximum absolute atomic E-state index is 11.0. The minimum atomic E-state index is -0.890. The normalized spacial score (nSPS) is 10.5. The first-order valence-electron chi connectivity index (χ1n) is 4.16. The van der Waals surface area contributed by atoms with Gasteiger partial charge in [0.25, 0.3) is 0 Å². The molecule has 0 amide bonds. The number of aryl methyl sites for hydroxylation is 1. The Morgan fingerprint density at radius 1 is 1.47 bits per heavy atom. The van der Waals surface area contributed by atoms with E-state index in [-0.39, 0.29) is 0 Å². The zero-order chi connectivity index (χ0) is 11.0. The lowest BCUT2D eigenvalue weighted by atomic mass is 10.1. The fraction of sp³-hybridized carbons (Fsp3) is 0.100. The Morgan fingerprint density at radius 2 is 2.20 bits per heavy atom. The van der Waals surface area contributed by atoms with Crippen molar-refractivity contribution in [2.24, 2.45) is 0 Å². The number of carbonyl (C=O) groups is 1. The molecule has 0 aromatic carbocycles. The molecule has 0 saturated carbocycles. The standard InChI is InChI=1S/C10H7ClO2S2/c1-5-9(6(4-14-5)10(12)13)7-2-3-8(11)15-7/h2-4H,1H3,(H,12,13). The van der Waals surface area contributed by atoms with Gasteiger partial charge in [0, 0.05) is 20.7 Å². The molecular weight excluding hydrogens is 252 g/mol. The third-order valence-corrected chi connectivity index (χ3v) is 4.18. The molecule has 0 aliphatic heterocycles. The number of hydrogen-bond donors (Lipinski definition) is 1. The summed E-state index contributed by atoms with van der Waals surface area (Å²) in [6.07, 6.45) is 0. The fourth-order valence-electron chi connectivity index (χ4n) is 1.37. The summed E-state index contributed by atoms with van der Waals surface area (Å²) in [5, 5.41) is 10.7. The largest absolute Gasteiger partial charge is 0.478 e. The predicted octanol–water partition coefficient (Wildman–Crippen LogP) is 4.14. The van der Waals surface area contributed by atoms with Crippen LogP contribution in [-0.4, -0.2) is 11.1 Å². The molecular formula is C10H7ClO2S2. The molecule has 0 spiro atoms. The topological polar surface area (TPSA) is 37.3 Å². The van der Waals surface area contributed by atoms with Gasteiger partial charge < -0.3 is 5.11 Å². The van der Waals surface area contributed by atoms with Gasteiger partial charge in [0.05, 0.1) is 9.90 Å². The van der Waals surface area contributed by atoms with Crippen molar-refractivity contribution in [3.05, 3.63) is 32.3 Å². The van der Waals surface area contributed by atoms with Gasteiger partial charge in [0.1, 0.15) is 0 Å². The summed E-state index contributed by atoms with van der Waals surface area (Å²) in [5.41, 5.74) is 1.15. The molecule has 2 nitrogen and oxygen atoms in total. The minimum Gasteiger partial charge on any atom is -0.478 e. The van der Waals surface area contributed by atoms with Crippen LogP contribution in [0.15, 0.2) is 17.5 Å². The summed E-state index contributed by atoms with van der Waals surface area (Å²) >= 11 is 8.68. The molecule has 0 atom stereocenters. The van der Waals surface area contributed by atoms with Gasteiger partial charge in [-0.2, -0.15) is 0 Å². The van der Waals surface area contributed by atoms with E-state index in [4.69, 9.17) is 16.7 Å². The van der Waals surface area contributed by atoms with E-state index in [0.717, 1.165) is 15.3 Å². The molecule has 78 valence electrons. The number of carboxylic acids is 1. The first kappa shape index (κ1) is 10.7. The molecule has 0 fully saturated rings. The van der Waals surface area contributed by atoms with Crippen LogP contribution in [0, 0.1) is 6.92 Å². The van der Waals surface area contributed by atoms with E-state index in [2.05, 4.69) is 0 Å². The Kier molecular flexibility index (Phi) is 2.82. The number of rotatable bonds is 2. The average Bonchev–Trinajstić information content (AvgIpc) is 2.71. The monoisotopic (exact) mass is 258 g/mol. The Bertz CT molecular complexity index is 513. The van der Waals surface area contributed by atoms with Crippen LogP contribution in [0.1, 0.15) is 15.2 Å². The van der Waals surface area contributed by atoms with Gasteiger partial charge in [-0.05, 0) is 19.1 Å². The molecule has 5 heteroatoms. The molecule has 0 radical (unpaired) electrons. The van der Waals surface area contributed by atoms with Crippen molar-refractivity contribution in [1.82, 2.24) is 0 Å². The van der Waals surface area contributed by atoms with Gasteiger partial charge in [0.2, 0.25) is 0 Å². The third-order valence-electron chi connectivity index (χ3n) is 2.02.